The van der Waals surface area contributed by atoms with Crippen LogP contribution in [-0.2, 0) is 4.79 Å². The fourth-order valence-electron chi connectivity index (χ4n) is 2.08. The molecule has 1 amide bonds. The topological polar surface area (TPSA) is 73.6 Å². The molecule has 0 spiro atoms. The molecule has 0 aliphatic carbocycles. The molecule has 0 saturated carbocycles. The summed E-state index contributed by atoms with van der Waals surface area (Å²) in [5.41, 5.74) is 5.41. The smallest absolute Gasteiger partial charge is 0.220 e. The number of unbranched alkanes of at least 4 members (excludes halogenated alkanes) is 1. The summed E-state index contributed by atoms with van der Waals surface area (Å²) < 4.78 is 11.3. The van der Waals surface area contributed by atoms with Gasteiger partial charge < -0.3 is 20.5 Å². The third kappa shape index (κ3) is 5.77. The third-order valence-corrected chi connectivity index (χ3v) is 4.27. The van der Waals surface area contributed by atoms with Gasteiger partial charge in [-0.3, -0.25) is 4.79 Å². The van der Waals surface area contributed by atoms with Crippen molar-refractivity contribution in [3.8, 4) is 11.5 Å². The van der Waals surface area contributed by atoms with Crippen molar-refractivity contribution >= 4 is 17.7 Å². The second-order valence-corrected chi connectivity index (χ2v) is 6.27. The highest BCUT2D eigenvalue weighted by Gasteiger charge is 2.11. The van der Waals surface area contributed by atoms with E-state index in [9.17, 15) is 4.79 Å². The first-order chi connectivity index (χ1) is 10.8. The molecule has 5 nitrogen and oxygen atoms in total. The molecule has 1 aromatic rings. The molecule has 1 aromatic carbocycles. The van der Waals surface area contributed by atoms with E-state index in [-0.39, 0.29) is 5.91 Å². The molecule has 1 aliphatic rings. The lowest BCUT2D eigenvalue weighted by Gasteiger charge is -2.09. The van der Waals surface area contributed by atoms with Crippen LogP contribution in [0.1, 0.15) is 25.7 Å². The highest BCUT2D eigenvalue weighted by Crippen LogP contribution is 2.33. The van der Waals surface area contributed by atoms with Crippen LogP contribution in [0.2, 0.25) is 0 Å². The van der Waals surface area contributed by atoms with Gasteiger partial charge in [-0.15, -0.1) is 11.8 Å². The molecule has 0 atom stereocenters. The Balaban J connectivity index is 1.70. The number of carbonyl (C=O) groups excluding carboxylic acids is 1. The van der Waals surface area contributed by atoms with E-state index in [0.29, 0.717) is 32.7 Å². The Labute approximate surface area is 135 Å². The number of ether oxygens (including phenoxy) is 2. The minimum absolute atomic E-state index is 0.0962. The summed E-state index contributed by atoms with van der Waals surface area (Å²) in [6.45, 7) is 2.77. The van der Waals surface area contributed by atoms with Crippen LogP contribution >= 0.6 is 11.8 Å². The maximum absolute atomic E-state index is 11.7. The molecule has 1 heterocycles. The van der Waals surface area contributed by atoms with Crippen molar-refractivity contribution in [1.82, 2.24) is 5.32 Å². The zero-order chi connectivity index (χ0) is 15.6. The first kappa shape index (κ1) is 17.0. The minimum Gasteiger partial charge on any atom is -0.490 e. The first-order valence-corrected chi connectivity index (χ1v) is 8.77. The van der Waals surface area contributed by atoms with Crippen LogP contribution < -0.4 is 20.5 Å². The number of thioether (sulfide) groups is 1. The molecule has 3 N–H and O–H groups in total. The average molecular weight is 324 g/mol. The maximum atomic E-state index is 11.7. The zero-order valence-corrected chi connectivity index (χ0v) is 13.6. The molecular weight excluding hydrogens is 300 g/mol. The van der Waals surface area contributed by atoms with E-state index in [4.69, 9.17) is 15.2 Å². The van der Waals surface area contributed by atoms with Crippen LogP contribution in [0.15, 0.2) is 23.1 Å². The van der Waals surface area contributed by atoms with E-state index in [2.05, 4.69) is 5.32 Å². The van der Waals surface area contributed by atoms with Crippen molar-refractivity contribution in [2.45, 2.75) is 30.6 Å². The van der Waals surface area contributed by atoms with Gasteiger partial charge >= 0.3 is 0 Å². The van der Waals surface area contributed by atoms with Crippen molar-refractivity contribution in [3.05, 3.63) is 18.2 Å². The molecular formula is C16H24N2O3S. The quantitative estimate of drug-likeness (QED) is 0.566. The third-order valence-electron chi connectivity index (χ3n) is 3.27. The number of nitrogens with two attached hydrogens (primary N) is 1. The number of amides is 1. The number of rotatable bonds is 8. The Morgan fingerprint density at radius 1 is 1.23 bits per heavy atom. The molecule has 0 fully saturated rings. The lowest BCUT2D eigenvalue weighted by molar-refractivity contribution is -0.120. The van der Waals surface area contributed by atoms with Crippen LogP contribution in [0.5, 0.6) is 11.5 Å². The molecule has 122 valence electrons. The van der Waals surface area contributed by atoms with E-state index in [1.165, 1.54) is 0 Å². The van der Waals surface area contributed by atoms with Crippen molar-refractivity contribution < 1.29 is 14.3 Å². The molecule has 2 rings (SSSR count). The lowest BCUT2D eigenvalue weighted by Crippen LogP contribution is -2.25. The van der Waals surface area contributed by atoms with Crippen LogP contribution in [0, 0.1) is 0 Å². The van der Waals surface area contributed by atoms with Gasteiger partial charge in [-0.05, 0) is 37.6 Å². The molecule has 0 bridgehead atoms. The standard InChI is InChI=1S/C16H24N2O3S/c17-7-1-2-8-18-16(19)6-11-22-13-4-5-14-15(12-13)21-10-3-9-20-14/h4-5,12H,1-3,6-11,17H2,(H,18,19). The van der Waals surface area contributed by atoms with Gasteiger partial charge in [-0.25, -0.2) is 0 Å². The maximum Gasteiger partial charge on any atom is 0.220 e. The van der Waals surface area contributed by atoms with Crippen LogP contribution in [0.3, 0.4) is 0 Å². The van der Waals surface area contributed by atoms with Gasteiger partial charge in [-0.2, -0.15) is 0 Å². The fraction of sp³-hybridized carbons (Fsp3) is 0.562. The van der Waals surface area contributed by atoms with Gasteiger partial charge in [0.05, 0.1) is 13.2 Å². The normalized spacial score (nSPS) is 13.5. The largest absolute Gasteiger partial charge is 0.490 e. The van der Waals surface area contributed by atoms with Gasteiger partial charge in [0.25, 0.3) is 0 Å². The van der Waals surface area contributed by atoms with Crippen molar-refractivity contribution in [2.75, 3.05) is 32.1 Å². The Bertz CT molecular complexity index is 482. The Kier molecular flexibility index (Phi) is 7.39. The summed E-state index contributed by atoms with van der Waals surface area (Å²) in [7, 11) is 0. The lowest BCUT2D eigenvalue weighted by atomic mass is 10.3. The Morgan fingerprint density at radius 2 is 2.05 bits per heavy atom. The van der Waals surface area contributed by atoms with Crippen LogP contribution in [0.4, 0.5) is 0 Å². The first-order valence-electron chi connectivity index (χ1n) is 7.79. The van der Waals surface area contributed by atoms with Crippen LogP contribution in [-0.4, -0.2) is 38.0 Å². The molecule has 6 heteroatoms. The highest BCUT2D eigenvalue weighted by atomic mass is 32.2. The molecule has 0 saturated heterocycles. The number of carbonyl (C=O) groups is 1. The number of nitrogens with one attached hydrogen (secondary N) is 1. The van der Waals surface area contributed by atoms with Gasteiger partial charge in [0, 0.05) is 30.0 Å². The Hall–Kier alpha value is -1.40. The predicted octanol–water partition coefficient (Wildman–Crippen LogP) is 2.19. The fourth-order valence-corrected chi connectivity index (χ4v) is 2.96. The summed E-state index contributed by atoms with van der Waals surface area (Å²) in [5.74, 6) is 2.45. The van der Waals surface area contributed by atoms with E-state index in [0.717, 1.165) is 41.4 Å². The van der Waals surface area contributed by atoms with Gasteiger partial charge in [0.15, 0.2) is 11.5 Å². The summed E-state index contributed by atoms with van der Waals surface area (Å²) in [5, 5.41) is 2.91. The van der Waals surface area contributed by atoms with Gasteiger partial charge in [0.2, 0.25) is 5.91 Å². The van der Waals surface area contributed by atoms with Crippen molar-refractivity contribution in [1.29, 1.82) is 0 Å². The molecule has 22 heavy (non-hydrogen) atoms. The number of fused-ring (bicyclic) bond motifs is 1. The predicted molar refractivity (Wildman–Crippen MR) is 88.7 cm³/mol. The second kappa shape index (κ2) is 9.58. The number of hydrogen-bond donors (Lipinski definition) is 2. The van der Waals surface area contributed by atoms with E-state index in [1.54, 1.807) is 11.8 Å². The van der Waals surface area contributed by atoms with E-state index >= 15 is 0 Å². The second-order valence-electron chi connectivity index (χ2n) is 5.10. The zero-order valence-electron chi connectivity index (χ0n) is 12.8. The Morgan fingerprint density at radius 3 is 2.86 bits per heavy atom. The molecule has 0 aromatic heterocycles. The molecule has 1 aliphatic heterocycles. The number of benzene rings is 1. The number of hydrogen-bond acceptors (Lipinski definition) is 5. The minimum atomic E-state index is 0.0962. The summed E-state index contributed by atoms with van der Waals surface area (Å²) >= 11 is 1.66. The molecule has 0 radical (unpaired) electrons. The van der Waals surface area contributed by atoms with Gasteiger partial charge in [0.1, 0.15) is 0 Å². The monoisotopic (exact) mass is 324 g/mol. The summed E-state index contributed by atoms with van der Waals surface area (Å²) in [6, 6.07) is 5.94. The van der Waals surface area contributed by atoms with Crippen molar-refractivity contribution in [2.24, 2.45) is 5.73 Å². The SMILES string of the molecule is NCCCCNC(=O)CCSc1ccc2c(c1)OCCCO2. The van der Waals surface area contributed by atoms with E-state index in [1.807, 2.05) is 18.2 Å². The highest BCUT2D eigenvalue weighted by molar-refractivity contribution is 7.99. The van der Waals surface area contributed by atoms with Gasteiger partial charge in [-0.1, -0.05) is 0 Å². The van der Waals surface area contributed by atoms with Crippen LogP contribution in [0.25, 0.3) is 0 Å². The molecule has 0 unspecified atom stereocenters. The average Bonchev–Trinajstić information content (AvgIpc) is 2.76. The summed E-state index contributed by atoms with van der Waals surface area (Å²) in [4.78, 5) is 12.8. The van der Waals surface area contributed by atoms with Crippen molar-refractivity contribution in [3.63, 3.8) is 0 Å². The summed E-state index contributed by atoms with van der Waals surface area (Å²) in [6.07, 6.45) is 3.31. The van der Waals surface area contributed by atoms with E-state index < -0.39 is 0 Å².